The first kappa shape index (κ1) is 17.7. The maximum Gasteiger partial charge on any atom is 0.277 e. The summed E-state index contributed by atoms with van der Waals surface area (Å²) in [5, 5.41) is 11.3. The van der Waals surface area contributed by atoms with Crippen molar-refractivity contribution in [2.75, 3.05) is 11.1 Å². The quantitative estimate of drug-likeness (QED) is 0.601. The molecule has 0 bridgehead atoms. The Kier molecular flexibility index (Phi) is 5.55. The summed E-state index contributed by atoms with van der Waals surface area (Å²) in [4.78, 5) is 12.1. The summed E-state index contributed by atoms with van der Waals surface area (Å²) in [6, 6.07) is 13.5. The molecule has 0 saturated carbocycles. The van der Waals surface area contributed by atoms with E-state index in [0.29, 0.717) is 11.1 Å². The van der Waals surface area contributed by atoms with E-state index in [-0.39, 0.29) is 11.7 Å². The first-order valence-electron chi connectivity index (χ1n) is 7.61. The number of benzene rings is 2. The number of nitrogens with one attached hydrogen (secondary N) is 1. The fraction of sp³-hybridized carbons (Fsp3) is 0.167. The van der Waals surface area contributed by atoms with Gasteiger partial charge in [-0.2, -0.15) is 0 Å². The minimum Gasteiger partial charge on any atom is -0.411 e. The summed E-state index contributed by atoms with van der Waals surface area (Å²) >= 11 is 4.67. The lowest BCUT2D eigenvalue weighted by Crippen LogP contribution is -2.14. The van der Waals surface area contributed by atoms with E-state index >= 15 is 0 Å². The SMILES string of the molecule is Cc1ccc(NC(=O)CSc2nnc(-c3ccccc3C)o2)cc1Br. The van der Waals surface area contributed by atoms with Gasteiger partial charge in [0.05, 0.1) is 5.75 Å². The second-order valence-electron chi connectivity index (χ2n) is 5.49. The molecule has 0 radical (unpaired) electrons. The normalized spacial score (nSPS) is 10.7. The molecule has 0 unspecified atom stereocenters. The molecule has 2 aromatic carbocycles. The second kappa shape index (κ2) is 7.84. The lowest BCUT2D eigenvalue weighted by Gasteiger charge is -2.06. The lowest BCUT2D eigenvalue weighted by molar-refractivity contribution is -0.113. The van der Waals surface area contributed by atoms with Crippen LogP contribution in [0.3, 0.4) is 0 Å². The molecule has 128 valence electrons. The van der Waals surface area contributed by atoms with Gasteiger partial charge in [-0.3, -0.25) is 4.79 Å². The van der Waals surface area contributed by atoms with E-state index < -0.39 is 0 Å². The Morgan fingerprint density at radius 3 is 2.72 bits per heavy atom. The van der Waals surface area contributed by atoms with Crippen molar-refractivity contribution in [3.8, 4) is 11.5 Å². The zero-order valence-electron chi connectivity index (χ0n) is 13.7. The van der Waals surface area contributed by atoms with Crippen molar-refractivity contribution in [1.29, 1.82) is 0 Å². The van der Waals surface area contributed by atoms with Crippen molar-refractivity contribution in [3.05, 3.63) is 58.1 Å². The number of carbonyl (C=O) groups is 1. The molecule has 0 aliphatic rings. The van der Waals surface area contributed by atoms with Gasteiger partial charge in [-0.25, -0.2) is 0 Å². The zero-order chi connectivity index (χ0) is 17.8. The number of hydrogen-bond acceptors (Lipinski definition) is 5. The predicted molar refractivity (Wildman–Crippen MR) is 103 cm³/mol. The van der Waals surface area contributed by atoms with E-state index in [2.05, 4.69) is 31.4 Å². The Balaban J connectivity index is 1.59. The maximum atomic E-state index is 12.1. The fourth-order valence-corrected chi connectivity index (χ4v) is 3.13. The Morgan fingerprint density at radius 1 is 1.16 bits per heavy atom. The van der Waals surface area contributed by atoms with Crippen LogP contribution in [-0.4, -0.2) is 21.9 Å². The van der Waals surface area contributed by atoms with Gasteiger partial charge in [0, 0.05) is 15.7 Å². The van der Waals surface area contributed by atoms with Crippen LogP contribution >= 0.6 is 27.7 Å². The van der Waals surface area contributed by atoms with Crippen molar-refractivity contribution in [1.82, 2.24) is 10.2 Å². The highest BCUT2D eigenvalue weighted by molar-refractivity contribution is 9.10. The molecule has 25 heavy (non-hydrogen) atoms. The number of amides is 1. The maximum absolute atomic E-state index is 12.1. The first-order valence-corrected chi connectivity index (χ1v) is 9.39. The molecule has 0 fully saturated rings. The van der Waals surface area contributed by atoms with Gasteiger partial charge in [0.2, 0.25) is 11.8 Å². The number of aromatic nitrogens is 2. The van der Waals surface area contributed by atoms with Crippen LogP contribution in [0.5, 0.6) is 0 Å². The molecule has 7 heteroatoms. The summed E-state index contributed by atoms with van der Waals surface area (Å²) in [5.41, 5.74) is 3.82. The number of aryl methyl sites for hydroxylation is 2. The van der Waals surface area contributed by atoms with Crippen LogP contribution in [0.2, 0.25) is 0 Å². The third kappa shape index (κ3) is 4.49. The lowest BCUT2D eigenvalue weighted by atomic mass is 10.1. The second-order valence-corrected chi connectivity index (χ2v) is 7.27. The molecule has 3 aromatic rings. The summed E-state index contributed by atoms with van der Waals surface area (Å²) in [6.07, 6.45) is 0. The van der Waals surface area contributed by atoms with Crippen LogP contribution in [0.4, 0.5) is 5.69 Å². The van der Waals surface area contributed by atoms with Crippen LogP contribution in [-0.2, 0) is 4.79 Å². The minimum absolute atomic E-state index is 0.128. The van der Waals surface area contributed by atoms with Crippen molar-refractivity contribution in [3.63, 3.8) is 0 Å². The Labute approximate surface area is 158 Å². The molecule has 1 amide bonds. The number of thioether (sulfide) groups is 1. The highest BCUT2D eigenvalue weighted by Crippen LogP contribution is 2.26. The molecule has 1 N–H and O–H groups in total. The van der Waals surface area contributed by atoms with E-state index in [4.69, 9.17) is 4.42 Å². The van der Waals surface area contributed by atoms with E-state index in [0.717, 1.165) is 26.9 Å². The summed E-state index contributed by atoms with van der Waals surface area (Å²) in [7, 11) is 0. The van der Waals surface area contributed by atoms with Gasteiger partial charge in [-0.1, -0.05) is 52.0 Å². The third-order valence-corrected chi connectivity index (χ3v) is 5.24. The molecule has 3 rings (SSSR count). The van der Waals surface area contributed by atoms with Gasteiger partial charge in [-0.15, -0.1) is 10.2 Å². The van der Waals surface area contributed by atoms with E-state index in [1.807, 2.05) is 56.3 Å². The molecule has 0 saturated heterocycles. The van der Waals surface area contributed by atoms with Gasteiger partial charge in [0.25, 0.3) is 5.22 Å². The molecule has 0 aliphatic heterocycles. The van der Waals surface area contributed by atoms with Gasteiger partial charge < -0.3 is 9.73 Å². The van der Waals surface area contributed by atoms with Crippen molar-refractivity contribution < 1.29 is 9.21 Å². The van der Waals surface area contributed by atoms with Crippen molar-refractivity contribution in [2.45, 2.75) is 19.1 Å². The van der Waals surface area contributed by atoms with E-state index in [9.17, 15) is 4.79 Å². The number of rotatable bonds is 5. The first-order chi connectivity index (χ1) is 12.0. The predicted octanol–water partition coefficient (Wildman–Crippen LogP) is 4.85. The molecular formula is C18H16BrN3O2S. The highest BCUT2D eigenvalue weighted by atomic mass is 79.9. The van der Waals surface area contributed by atoms with Crippen LogP contribution in [0.1, 0.15) is 11.1 Å². The highest BCUT2D eigenvalue weighted by Gasteiger charge is 2.12. The standard InChI is InChI=1S/C18H16BrN3O2S/c1-11-5-3-4-6-14(11)17-21-22-18(24-17)25-10-16(23)20-13-8-7-12(2)15(19)9-13/h3-9H,10H2,1-2H3,(H,20,23). The topological polar surface area (TPSA) is 68.0 Å². The van der Waals surface area contributed by atoms with Gasteiger partial charge >= 0.3 is 0 Å². The molecule has 1 heterocycles. The fourth-order valence-electron chi connectivity index (χ4n) is 2.18. The average Bonchev–Trinajstić information content (AvgIpc) is 3.05. The van der Waals surface area contributed by atoms with Gasteiger partial charge in [0.15, 0.2) is 0 Å². The van der Waals surface area contributed by atoms with E-state index in [1.54, 1.807) is 0 Å². The third-order valence-electron chi connectivity index (χ3n) is 3.56. The van der Waals surface area contributed by atoms with Crippen molar-refractivity contribution >= 4 is 39.3 Å². The van der Waals surface area contributed by atoms with Crippen LogP contribution in [0.25, 0.3) is 11.5 Å². The molecule has 0 atom stereocenters. The zero-order valence-corrected chi connectivity index (χ0v) is 16.1. The molecule has 5 nitrogen and oxygen atoms in total. The van der Waals surface area contributed by atoms with Gasteiger partial charge in [0.1, 0.15) is 0 Å². The smallest absolute Gasteiger partial charge is 0.277 e. The summed E-state index contributed by atoms with van der Waals surface area (Å²) in [5.74, 6) is 0.529. The van der Waals surface area contributed by atoms with E-state index in [1.165, 1.54) is 11.8 Å². The molecule has 1 aromatic heterocycles. The Hall–Kier alpha value is -2.12. The molecule has 0 aliphatic carbocycles. The van der Waals surface area contributed by atoms with Crippen LogP contribution in [0, 0.1) is 13.8 Å². The number of hydrogen-bond donors (Lipinski definition) is 1. The van der Waals surface area contributed by atoms with Gasteiger partial charge in [-0.05, 0) is 43.2 Å². The van der Waals surface area contributed by atoms with Crippen LogP contribution < -0.4 is 5.32 Å². The summed E-state index contributed by atoms with van der Waals surface area (Å²) in [6.45, 7) is 3.98. The number of nitrogens with zero attached hydrogens (tertiary/aromatic N) is 2. The number of anilines is 1. The van der Waals surface area contributed by atoms with Crippen molar-refractivity contribution in [2.24, 2.45) is 0 Å². The largest absolute Gasteiger partial charge is 0.411 e. The Bertz CT molecular complexity index is 911. The monoisotopic (exact) mass is 417 g/mol. The molecular weight excluding hydrogens is 402 g/mol. The van der Waals surface area contributed by atoms with Crippen LogP contribution in [0.15, 0.2) is 56.6 Å². The number of halogens is 1. The number of carbonyl (C=O) groups excluding carboxylic acids is 1. The summed E-state index contributed by atoms with van der Waals surface area (Å²) < 4.78 is 6.60. The minimum atomic E-state index is -0.128. The average molecular weight is 418 g/mol. The Morgan fingerprint density at radius 2 is 1.96 bits per heavy atom. The molecule has 0 spiro atoms.